The maximum Gasteiger partial charge on any atom is 0.269 e. The molecule has 1 atom stereocenters. The Bertz CT molecular complexity index is 636. The topological polar surface area (TPSA) is 46.4 Å². The van der Waals surface area contributed by atoms with E-state index in [9.17, 15) is 10.1 Å². The molecular formula is C16H18N2O2S. The van der Waals surface area contributed by atoms with E-state index in [0.29, 0.717) is 6.04 Å². The van der Waals surface area contributed by atoms with Gasteiger partial charge in [-0.15, -0.1) is 11.3 Å². The monoisotopic (exact) mass is 302 g/mol. The quantitative estimate of drug-likeness (QED) is 0.625. The normalized spacial score (nSPS) is 19.0. The van der Waals surface area contributed by atoms with Crippen LogP contribution in [0.25, 0.3) is 0 Å². The molecule has 1 aromatic carbocycles. The summed E-state index contributed by atoms with van der Waals surface area (Å²) in [4.78, 5) is 15.6. The Morgan fingerprint density at radius 2 is 2.05 bits per heavy atom. The molecular weight excluding hydrogens is 284 g/mol. The fourth-order valence-corrected chi connectivity index (χ4v) is 3.97. The lowest BCUT2D eigenvalue weighted by Gasteiger charge is -2.23. The van der Waals surface area contributed by atoms with E-state index in [-0.39, 0.29) is 10.6 Å². The Labute approximate surface area is 128 Å². The molecule has 1 aliphatic heterocycles. The second-order valence-corrected chi connectivity index (χ2v) is 6.82. The van der Waals surface area contributed by atoms with Gasteiger partial charge < -0.3 is 0 Å². The fraction of sp³-hybridized carbons (Fsp3) is 0.375. The molecule has 110 valence electrons. The van der Waals surface area contributed by atoms with Crippen LogP contribution in [0.15, 0.2) is 36.4 Å². The number of likely N-dealkylation sites (tertiary alicyclic amines) is 1. The van der Waals surface area contributed by atoms with E-state index in [2.05, 4.69) is 24.0 Å². The van der Waals surface area contributed by atoms with Crippen molar-refractivity contribution < 1.29 is 4.92 Å². The fourth-order valence-electron chi connectivity index (χ4n) is 2.93. The Morgan fingerprint density at radius 1 is 1.29 bits per heavy atom. The predicted molar refractivity (Wildman–Crippen MR) is 84.5 cm³/mol. The van der Waals surface area contributed by atoms with E-state index >= 15 is 0 Å². The van der Waals surface area contributed by atoms with Crippen molar-refractivity contribution in [2.24, 2.45) is 0 Å². The molecule has 2 aromatic rings. The van der Waals surface area contributed by atoms with Gasteiger partial charge in [0.05, 0.1) is 4.92 Å². The first kappa shape index (κ1) is 14.2. The third-order valence-corrected chi connectivity index (χ3v) is 5.09. The van der Waals surface area contributed by atoms with Gasteiger partial charge in [0.1, 0.15) is 0 Å². The molecule has 21 heavy (non-hydrogen) atoms. The number of nitrogens with zero attached hydrogens (tertiary/aromatic N) is 2. The first-order chi connectivity index (χ1) is 10.1. The van der Waals surface area contributed by atoms with Gasteiger partial charge in [-0.1, -0.05) is 12.1 Å². The summed E-state index contributed by atoms with van der Waals surface area (Å²) in [6.45, 7) is 4.10. The largest absolute Gasteiger partial charge is 0.291 e. The summed E-state index contributed by atoms with van der Waals surface area (Å²) in [5.74, 6) is 0. The number of nitro benzene ring substituents is 1. The highest BCUT2D eigenvalue weighted by atomic mass is 32.1. The van der Waals surface area contributed by atoms with Gasteiger partial charge in [-0.3, -0.25) is 15.0 Å². The van der Waals surface area contributed by atoms with Crippen molar-refractivity contribution in [3.8, 4) is 0 Å². The zero-order valence-corrected chi connectivity index (χ0v) is 12.8. The van der Waals surface area contributed by atoms with Gasteiger partial charge in [-0.05, 0) is 44.0 Å². The molecule has 4 nitrogen and oxygen atoms in total. The lowest BCUT2D eigenvalue weighted by Crippen LogP contribution is -2.22. The highest BCUT2D eigenvalue weighted by Crippen LogP contribution is 2.36. The summed E-state index contributed by atoms with van der Waals surface area (Å²) >= 11 is 1.87. The molecule has 1 fully saturated rings. The highest BCUT2D eigenvalue weighted by Gasteiger charge is 2.27. The summed E-state index contributed by atoms with van der Waals surface area (Å²) < 4.78 is 0. The van der Waals surface area contributed by atoms with Crippen molar-refractivity contribution in [1.82, 2.24) is 4.90 Å². The van der Waals surface area contributed by atoms with Crippen LogP contribution in [-0.2, 0) is 6.54 Å². The number of hydrogen-bond acceptors (Lipinski definition) is 4. The van der Waals surface area contributed by atoms with Gasteiger partial charge in [-0.2, -0.15) is 0 Å². The zero-order valence-electron chi connectivity index (χ0n) is 12.0. The molecule has 5 heteroatoms. The summed E-state index contributed by atoms with van der Waals surface area (Å²) in [5.41, 5.74) is 1.30. The maximum absolute atomic E-state index is 10.7. The number of benzene rings is 1. The lowest BCUT2D eigenvalue weighted by molar-refractivity contribution is -0.384. The van der Waals surface area contributed by atoms with Crippen molar-refractivity contribution in [3.05, 3.63) is 61.8 Å². The highest BCUT2D eigenvalue weighted by molar-refractivity contribution is 7.12. The molecule has 1 aliphatic rings. The average molecular weight is 302 g/mol. The summed E-state index contributed by atoms with van der Waals surface area (Å²) in [7, 11) is 0. The van der Waals surface area contributed by atoms with Crippen LogP contribution in [-0.4, -0.2) is 16.4 Å². The maximum atomic E-state index is 10.7. The van der Waals surface area contributed by atoms with E-state index in [1.165, 1.54) is 22.6 Å². The Morgan fingerprint density at radius 3 is 2.67 bits per heavy atom. The van der Waals surface area contributed by atoms with E-state index in [1.54, 1.807) is 12.1 Å². The van der Waals surface area contributed by atoms with Gasteiger partial charge in [0, 0.05) is 34.5 Å². The summed E-state index contributed by atoms with van der Waals surface area (Å²) in [6.07, 6.45) is 2.42. The Kier molecular flexibility index (Phi) is 4.03. The molecule has 2 heterocycles. The summed E-state index contributed by atoms with van der Waals surface area (Å²) in [5, 5.41) is 10.7. The molecule has 1 saturated heterocycles. The van der Waals surface area contributed by atoms with Crippen LogP contribution in [0.3, 0.4) is 0 Å². The van der Waals surface area contributed by atoms with Crippen molar-refractivity contribution in [1.29, 1.82) is 0 Å². The van der Waals surface area contributed by atoms with Crippen LogP contribution in [0.1, 0.15) is 34.2 Å². The van der Waals surface area contributed by atoms with Gasteiger partial charge in [0.2, 0.25) is 0 Å². The van der Waals surface area contributed by atoms with Gasteiger partial charge >= 0.3 is 0 Å². The van der Waals surface area contributed by atoms with Crippen molar-refractivity contribution in [2.45, 2.75) is 32.4 Å². The number of aryl methyl sites for hydroxylation is 1. The molecule has 0 saturated carbocycles. The van der Waals surface area contributed by atoms with Crippen LogP contribution >= 0.6 is 11.3 Å². The minimum absolute atomic E-state index is 0.158. The van der Waals surface area contributed by atoms with Crippen molar-refractivity contribution in [3.63, 3.8) is 0 Å². The average Bonchev–Trinajstić information content (AvgIpc) is 3.08. The minimum atomic E-state index is -0.350. The molecule has 0 amide bonds. The Balaban J connectivity index is 1.72. The molecule has 0 radical (unpaired) electrons. The zero-order chi connectivity index (χ0) is 14.8. The minimum Gasteiger partial charge on any atom is -0.291 e. The van der Waals surface area contributed by atoms with Crippen molar-refractivity contribution in [2.75, 3.05) is 6.54 Å². The lowest BCUT2D eigenvalue weighted by atomic mass is 10.1. The van der Waals surface area contributed by atoms with Crippen LogP contribution in [0.2, 0.25) is 0 Å². The number of thiophene rings is 1. The molecule has 1 unspecified atom stereocenters. The third-order valence-electron chi connectivity index (χ3n) is 3.99. The third kappa shape index (κ3) is 3.14. The van der Waals surface area contributed by atoms with Gasteiger partial charge in [0.15, 0.2) is 0 Å². The van der Waals surface area contributed by atoms with Gasteiger partial charge in [-0.25, -0.2) is 0 Å². The van der Waals surface area contributed by atoms with E-state index in [0.717, 1.165) is 18.7 Å². The smallest absolute Gasteiger partial charge is 0.269 e. The molecule has 0 spiro atoms. The van der Waals surface area contributed by atoms with Crippen LogP contribution in [0.4, 0.5) is 5.69 Å². The molecule has 3 rings (SSSR count). The van der Waals surface area contributed by atoms with E-state index < -0.39 is 0 Å². The van der Waals surface area contributed by atoms with Crippen LogP contribution < -0.4 is 0 Å². The van der Waals surface area contributed by atoms with Crippen molar-refractivity contribution >= 4 is 17.0 Å². The first-order valence-electron chi connectivity index (χ1n) is 7.17. The number of non-ortho nitro benzene ring substituents is 1. The molecule has 1 aromatic heterocycles. The molecule has 0 aliphatic carbocycles. The van der Waals surface area contributed by atoms with E-state index in [4.69, 9.17) is 0 Å². The number of nitro groups is 1. The number of rotatable bonds is 4. The van der Waals surface area contributed by atoms with Gasteiger partial charge in [0.25, 0.3) is 5.69 Å². The van der Waals surface area contributed by atoms with Crippen LogP contribution in [0, 0.1) is 17.0 Å². The second-order valence-electron chi connectivity index (χ2n) is 5.50. The Hall–Kier alpha value is -1.72. The number of hydrogen-bond donors (Lipinski definition) is 0. The first-order valence-corrected chi connectivity index (χ1v) is 7.99. The van der Waals surface area contributed by atoms with E-state index in [1.807, 2.05) is 23.5 Å². The molecule has 0 bridgehead atoms. The standard InChI is InChI=1S/C16H18N2O2S/c1-12-4-9-16(21-12)15-3-2-10-17(15)11-13-5-7-14(8-6-13)18(19)20/h4-9,15H,2-3,10-11H2,1H3. The second kappa shape index (κ2) is 5.95. The molecule has 0 N–H and O–H groups in total. The SMILES string of the molecule is Cc1ccc(C2CCCN2Cc2ccc([N+](=O)[O-])cc2)s1. The summed E-state index contributed by atoms with van der Waals surface area (Å²) in [6, 6.07) is 11.8. The predicted octanol–water partition coefficient (Wildman–Crippen LogP) is 4.30. The van der Waals surface area contributed by atoms with Crippen LogP contribution in [0.5, 0.6) is 0 Å².